The van der Waals surface area contributed by atoms with Gasteiger partial charge in [-0.2, -0.15) is 0 Å². The van der Waals surface area contributed by atoms with Crippen molar-refractivity contribution in [2.24, 2.45) is 0 Å². The van der Waals surface area contributed by atoms with Crippen LogP contribution in [0.25, 0.3) is 0 Å². The smallest absolute Gasteiger partial charge is 0.320 e. The lowest BCUT2D eigenvalue weighted by molar-refractivity contribution is 0.0634. The van der Waals surface area contributed by atoms with Crippen molar-refractivity contribution in [2.45, 2.75) is 111 Å². The number of ether oxygens (including phenoxy) is 2. The molecule has 124 heavy (non-hydrogen) atoms. The fourth-order valence-electron chi connectivity index (χ4n) is 15.0. The number of anilines is 4. The number of hydrogen-bond acceptors (Lipinski definition) is 22. The summed E-state index contributed by atoms with van der Waals surface area (Å²) in [7, 11) is 0. The average Bonchev–Trinajstić information content (AvgIpc) is 1.64. The zero-order valence-electron chi connectivity index (χ0n) is 68.8. The Balaban J connectivity index is 0.000000206. The molecule has 2 aliphatic rings. The molecule has 0 atom stereocenters. The fourth-order valence-corrected chi connectivity index (χ4v) is 15.0. The molecule has 13 aromatic rings. The average molecular weight is 1660 g/mol. The first kappa shape index (κ1) is 86.0. The molecule has 0 spiro atoms. The third-order valence-electron chi connectivity index (χ3n) is 20.7. The van der Waals surface area contributed by atoms with Gasteiger partial charge in [0.05, 0.1) is 81.0 Å². The minimum Gasteiger partial charge on any atom is -0.494 e. The maximum Gasteiger partial charge on any atom is 0.320 e. The van der Waals surface area contributed by atoms with Gasteiger partial charge in [0.1, 0.15) is 40.6 Å². The highest BCUT2D eigenvalue weighted by atomic mass is 19.1. The topological polar surface area (TPSA) is 328 Å². The lowest BCUT2D eigenvalue weighted by Crippen LogP contribution is -2.31. The van der Waals surface area contributed by atoms with E-state index >= 15 is 0 Å². The van der Waals surface area contributed by atoms with E-state index in [1.807, 2.05) is 127 Å². The van der Waals surface area contributed by atoms with Crippen LogP contribution in [0, 0.1) is 5.82 Å². The van der Waals surface area contributed by atoms with Crippen molar-refractivity contribution in [1.29, 1.82) is 0 Å². The van der Waals surface area contributed by atoms with Gasteiger partial charge in [-0.25, -0.2) is 29.1 Å². The minimum absolute atomic E-state index is 0.240. The third kappa shape index (κ3) is 25.4. The van der Waals surface area contributed by atoms with Crippen molar-refractivity contribution in [3.05, 3.63) is 381 Å². The molecule has 0 unspecified atom stereocenters. The van der Waals surface area contributed by atoms with E-state index in [1.165, 1.54) is 21.9 Å². The van der Waals surface area contributed by atoms with Crippen LogP contribution >= 0.6 is 0 Å². The number of nitrogens with one attached hydrogen (secondary N) is 2. The quantitative estimate of drug-likeness (QED) is 0.0176. The minimum atomic E-state index is -0.390. The maximum atomic E-state index is 13.3. The number of nitrogens with two attached hydrogens (primary N) is 3. The van der Waals surface area contributed by atoms with Crippen molar-refractivity contribution in [1.82, 2.24) is 74.6 Å². The van der Waals surface area contributed by atoms with Crippen LogP contribution in [0.15, 0.2) is 280 Å². The van der Waals surface area contributed by atoms with Crippen LogP contribution in [-0.4, -0.2) is 132 Å². The molecule has 0 fully saturated rings. The molecule has 15 rings (SSSR count). The van der Waals surface area contributed by atoms with E-state index < -0.39 is 6.03 Å². The van der Waals surface area contributed by atoms with E-state index in [4.69, 9.17) is 31.7 Å². The van der Waals surface area contributed by atoms with Crippen LogP contribution < -0.4 is 37.3 Å². The first-order chi connectivity index (χ1) is 60.6. The summed E-state index contributed by atoms with van der Waals surface area (Å²) in [5.41, 5.74) is 32.1. The van der Waals surface area contributed by atoms with E-state index in [0.717, 1.165) is 79.1 Å². The molecule has 630 valence electrons. The molecule has 0 aliphatic carbocycles. The molecular formula is C97H98FN19O7. The Kier molecular flexibility index (Phi) is 30.0. The number of carbonyl (C=O) groups excluding carboxylic acids is 5. The number of amides is 6. The van der Waals surface area contributed by atoms with Crippen LogP contribution in [0.4, 0.5) is 32.5 Å². The van der Waals surface area contributed by atoms with Gasteiger partial charge in [-0.3, -0.25) is 73.8 Å². The lowest BCUT2D eigenvalue weighted by Gasteiger charge is -2.25. The highest BCUT2D eigenvalue weighted by Crippen LogP contribution is 2.30. The number of fused-ring (bicyclic) bond motifs is 2. The van der Waals surface area contributed by atoms with Gasteiger partial charge in [0.15, 0.2) is 0 Å². The summed E-state index contributed by atoms with van der Waals surface area (Å²) in [6.45, 7) is 8.37. The van der Waals surface area contributed by atoms with Gasteiger partial charge in [0, 0.05) is 123 Å². The van der Waals surface area contributed by atoms with Crippen molar-refractivity contribution in [3.8, 4) is 11.5 Å². The predicted molar refractivity (Wildman–Crippen MR) is 472 cm³/mol. The zero-order chi connectivity index (χ0) is 85.8. The zero-order valence-corrected chi connectivity index (χ0v) is 68.8. The van der Waals surface area contributed by atoms with Crippen LogP contribution in [-0.2, 0) is 85.0 Å². The van der Waals surface area contributed by atoms with Crippen LogP contribution in [0.5, 0.6) is 11.5 Å². The second-order valence-corrected chi connectivity index (χ2v) is 30.5. The molecule has 6 amide bonds. The number of halogens is 1. The highest BCUT2D eigenvalue weighted by Gasteiger charge is 2.36. The normalized spacial score (nSPS) is 12.3. The summed E-state index contributed by atoms with van der Waals surface area (Å²) in [5, 5.41) is 5.70. The molecule has 8 N–H and O–H groups in total. The summed E-state index contributed by atoms with van der Waals surface area (Å²) in [5.74, 6) is 1.92. The van der Waals surface area contributed by atoms with E-state index in [1.54, 1.807) is 110 Å². The summed E-state index contributed by atoms with van der Waals surface area (Å²) in [6.07, 6.45) is 10.2. The largest absolute Gasteiger partial charge is 0.494 e. The van der Waals surface area contributed by atoms with Crippen molar-refractivity contribution in [3.63, 3.8) is 0 Å². The second-order valence-electron chi connectivity index (χ2n) is 30.5. The Bertz CT molecular complexity index is 5570. The first-order valence-corrected chi connectivity index (χ1v) is 41.4. The maximum absolute atomic E-state index is 13.3. The molecular weight excluding hydrogens is 1560 g/mol. The number of hydrogen-bond donors (Lipinski definition) is 5. The van der Waals surface area contributed by atoms with Gasteiger partial charge in [-0.1, -0.05) is 97.1 Å². The number of nitrogens with zero attached hydrogens (tertiary/aromatic N) is 14. The van der Waals surface area contributed by atoms with E-state index in [9.17, 15) is 28.4 Å². The van der Waals surface area contributed by atoms with Crippen LogP contribution in [0.3, 0.4) is 0 Å². The predicted octanol–water partition coefficient (Wildman–Crippen LogP) is 14.5. The summed E-state index contributed by atoms with van der Waals surface area (Å²) in [6, 6.07) is 78.5. The first-order valence-electron chi connectivity index (χ1n) is 41.4. The number of unbranched alkanes of at least 4 members (excludes halogenated alkanes) is 2. The summed E-state index contributed by atoms with van der Waals surface area (Å²) in [4.78, 5) is 113. The Morgan fingerprint density at radius 2 is 0.653 bits per heavy atom. The molecule has 5 aromatic carbocycles. The van der Waals surface area contributed by atoms with Crippen LogP contribution in [0.1, 0.15) is 140 Å². The Labute approximate surface area is 720 Å². The molecule has 26 nitrogen and oxygen atoms in total. The third-order valence-corrected chi connectivity index (χ3v) is 20.7. The highest BCUT2D eigenvalue weighted by molar-refractivity contribution is 6.22. The molecule has 0 saturated heterocycles. The summed E-state index contributed by atoms with van der Waals surface area (Å²) >= 11 is 0. The van der Waals surface area contributed by atoms with Crippen molar-refractivity contribution in [2.75, 3.05) is 55.4 Å². The van der Waals surface area contributed by atoms with Gasteiger partial charge < -0.3 is 32.0 Å². The fraction of sp³-hybridized carbons (Fsp3) is 0.227. The van der Waals surface area contributed by atoms with Gasteiger partial charge in [0.25, 0.3) is 23.6 Å². The van der Waals surface area contributed by atoms with Gasteiger partial charge in [-0.15, -0.1) is 0 Å². The molecule has 8 aromatic heterocycles. The molecule has 10 heterocycles. The number of pyridine rings is 8. The lowest BCUT2D eigenvalue weighted by atomic mass is 10.1. The summed E-state index contributed by atoms with van der Waals surface area (Å²) < 4.78 is 26.2. The molecule has 27 heteroatoms. The monoisotopic (exact) mass is 1660 g/mol. The van der Waals surface area contributed by atoms with Crippen LogP contribution in [0.2, 0.25) is 0 Å². The second kappa shape index (κ2) is 43.2. The molecule has 0 radical (unpaired) electrons. The van der Waals surface area contributed by atoms with Gasteiger partial charge in [-0.05, 0) is 218 Å². The SMILES string of the molecule is Nc1cccc(CN(Cc2cc(CN(Cc3ccccn3)Cc3cccc(N)n3)cc(OCCCCN3C(=O)c4ccccc4C3=O)c2)Cc2ccccn2)n1.Nc1cccc(CN(Cc2cc(CN(Cc3ccccn3)Cc3cccc(NC(=O)NCCc4ccc(F)cc4)n3)cc(OCCCCN3C(=O)c4ccccc4C3=O)c2)Cc2ccccn2)n1. The number of aromatic nitrogens is 8. The standard InChI is InChI=1S/C53H53FN10O4.C44H45N9O3/c54-41-21-19-38(20-22-41)23-26-58-53(67)61-50-18-10-14-45(60-50)37-63(35-43-12-4-6-25-57-43)33-40-29-39(32-62(34-42-11-3-5-24-56-42)36-44-13-9-17-49(55)59-44)30-46(31-40)68-28-8-7-27-64-51(65)47-15-1-2-16-48(47)52(64)66;45-41-17-9-13-36(49-41)30-51(28-34-11-3-5-19-47-34)26-32-23-33(27-52(29-35-12-4-6-20-48-35)31-37-14-10-18-42(46)50-37)25-38(24-32)56-22-8-7-21-53-43(54)39-15-1-2-16-40(39)44(53)55/h1-6,9-22,24-25,29-31H,7-8,23,26-28,32-37H2,(H2,55,59)(H2,58,60,61,67);1-6,9-20,23-25H,7-8,21-22,26-31H2,(H2,45,49)(H2,46,50). The van der Waals surface area contributed by atoms with E-state index in [-0.39, 0.29) is 29.4 Å². The van der Waals surface area contributed by atoms with Crippen molar-refractivity contribution < 1.29 is 37.8 Å². The van der Waals surface area contributed by atoms with Gasteiger partial charge in [0.2, 0.25) is 0 Å². The molecule has 2 aliphatic heterocycles. The number of urea groups is 1. The number of benzene rings is 5. The number of imide groups is 2. The molecule has 0 bridgehead atoms. The number of rotatable bonds is 40. The van der Waals surface area contributed by atoms with E-state index in [0.29, 0.717) is 195 Å². The van der Waals surface area contributed by atoms with Crippen molar-refractivity contribution >= 4 is 52.9 Å². The Morgan fingerprint density at radius 1 is 0.339 bits per heavy atom. The number of nitrogen functional groups attached to an aromatic ring is 3. The Morgan fingerprint density at radius 3 is 0.984 bits per heavy atom. The van der Waals surface area contributed by atoms with E-state index in [2.05, 4.69) is 95.5 Å². The molecule has 0 saturated carbocycles. The van der Waals surface area contributed by atoms with Gasteiger partial charge >= 0.3 is 6.03 Å². The Hall–Kier alpha value is -14.4. The number of carbonyl (C=O) groups is 5.